The molecule has 0 saturated carbocycles. The second-order valence-corrected chi connectivity index (χ2v) is 10.2. The molecule has 1 N–H and O–H groups in total. The Hall–Kier alpha value is -3.03. The second-order valence-electron chi connectivity index (χ2n) is 8.10. The largest absolute Gasteiger partial charge is 0.373 e. The minimum atomic E-state index is -4.08. The van der Waals surface area contributed by atoms with Gasteiger partial charge in [-0.05, 0) is 42.3 Å². The second kappa shape index (κ2) is 8.84. The summed E-state index contributed by atoms with van der Waals surface area (Å²) in [5.41, 5.74) is 2.18. The molecular formula is C25H24FNO4S. The van der Waals surface area contributed by atoms with Gasteiger partial charge >= 0.3 is 0 Å². The number of rotatable bonds is 5. The molecule has 3 aromatic rings. The summed E-state index contributed by atoms with van der Waals surface area (Å²) < 4.78 is 40.8. The summed E-state index contributed by atoms with van der Waals surface area (Å²) in [6.07, 6.45) is -1.14. The number of sulfone groups is 1. The van der Waals surface area contributed by atoms with Crippen LogP contribution in [0.1, 0.15) is 29.0 Å². The lowest BCUT2D eigenvalue weighted by molar-refractivity contribution is -0.148. The van der Waals surface area contributed by atoms with Crippen LogP contribution in [0.15, 0.2) is 83.8 Å². The number of hydrogen-bond donors (Lipinski definition) is 1. The van der Waals surface area contributed by atoms with E-state index >= 15 is 0 Å². The number of halogens is 1. The Balaban J connectivity index is 1.78. The normalized spacial score (nSPS) is 21.5. The predicted molar refractivity (Wildman–Crippen MR) is 119 cm³/mol. The highest BCUT2D eigenvalue weighted by Crippen LogP contribution is 2.39. The standard InChI is InChI=1S/C25H24FNO4S/c1-17-7-13-21(14-8-17)32(30,31)24-22(19-9-11-20(26)12-10-19)15-23(28)27(25(24)29)16-18-5-3-2-4-6-18/h2-14,22-24,28H,15-16H2,1H3. The SMILES string of the molecule is Cc1ccc(S(=O)(=O)C2C(=O)N(Cc3ccccc3)C(O)CC2c2ccc(F)cc2)cc1. The Labute approximate surface area is 187 Å². The molecule has 0 aliphatic carbocycles. The number of piperidine rings is 1. The molecule has 1 heterocycles. The fourth-order valence-corrected chi connectivity index (χ4v) is 6.08. The summed E-state index contributed by atoms with van der Waals surface area (Å²) in [6.45, 7) is 1.94. The van der Waals surface area contributed by atoms with Crippen molar-refractivity contribution in [2.75, 3.05) is 0 Å². The van der Waals surface area contributed by atoms with Crippen molar-refractivity contribution in [1.82, 2.24) is 4.90 Å². The van der Waals surface area contributed by atoms with Crippen LogP contribution < -0.4 is 0 Å². The number of likely N-dealkylation sites (tertiary alicyclic amines) is 1. The quantitative estimate of drug-likeness (QED) is 0.638. The van der Waals surface area contributed by atoms with Crippen LogP contribution in [0.3, 0.4) is 0 Å². The Morgan fingerprint density at radius 1 is 0.969 bits per heavy atom. The molecule has 4 rings (SSSR count). The van der Waals surface area contributed by atoms with E-state index in [4.69, 9.17) is 0 Å². The van der Waals surface area contributed by atoms with Crippen LogP contribution in [0.4, 0.5) is 4.39 Å². The number of hydrogen-bond acceptors (Lipinski definition) is 4. The van der Waals surface area contributed by atoms with Gasteiger partial charge in [0, 0.05) is 18.9 Å². The Morgan fingerprint density at radius 2 is 1.59 bits per heavy atom. The fraction of sp³-hybridized carbons (Fsp3) is 0.240. The molecule has 5 nitrogen and oxygen atoms in total. The lowest BCUT2D eigenvalue weighted by Crippen LogP contribution is -2.55. The van der Waals surface area contributed by atoms with Gasteiger partial charge in [-0.2, -0.15) is 0 Å². The number of carbonyl (C=O) groups is 1. The highest BCUT2D eigenvalue weighted by Gasteiger charge is 2.49. The maximum Gasteiger partial charge on any atom is 0.244 e. The minimum absolute atomic E-state index is 0.0277. The summed E-state index contributed by atoms with van der Waals surface area (Å²) >= 11 is 0. The third-order valence-corrected chi connectivity index (χ3v) is 8.02. The van der Waals surface area contributed by atoms with E-state index in [1.54, 1.807) is 12.1 Å². The molecule has 3 aromatic carbocycles. The van der Waals surface area contributed by atoms with Crippen molar-refractivity contribution < 1.29 is 22.7 Å². The zero-order chi connectivity index (χ0) is 22.9. The molecule has 3 unspecified atom stereocenters. The van der Waals surface area contributed by atoms with Gasteiger partial charge in [0.25, 0.3) is 0 Å². The van der Waals surface area contributed by atoms with Crippen molar-refractivity contribution in [3.8, 4) is 0 Å². The first-order chi connectivity index (χ1) is 15.3. The highest BCUT2D eigenvalue weighted by atomic mass is 32.2. The molecule has 1 amide bonds. The first kappa shape index (κ1) is 22.2. The smallest absolute Gasteiger partial charge is 0.244 e. The average Bonchev–Trinajstić information content (AvgIpc) is 2.77. The lowest BCUT2D eigenvalue weighted by atomic mass is 9.87. The van der Waals surface area contributed by atoms with Gasteiger partial charge in [-0.3, -0.25) is 4.79 Å². The maximum absolute atomic E-state index is 13.7. The molecule has 1 saturated heterocycles. The first-order valence-corrected chi connectivity index (χ1v) is 11.9. The van der Waals surface area contributed by atoms with E-state index in [-0.39, 0.29) is 17.9 Å². The number of aliphatic hydroxyl groups excluding tert-OH is 1. The summed E-state index contributed by atoms with van der Waals surface area (Å²) in [4.78, 5) is 14.9. The molecule has 1 fully saturated rings. The van der Waals surface area contributed by atoms with Gasteiger partial charge in [0.15, 0.2) is 15.1 Å². The van der Waals surface area contributed by atoms with E-state index in [2.05, 4.69) is 0 Å². The van der Waals surface area contributed by atoms with Crippen molar-refractivity contribution in [2.24, 2.45) is 0 Å². The van der Waals surface area contributed by atoms with E-state index in [1.807, 2.05) is 37.3 Å². The molecule has 0 aromatic heterocycles. The molecule has 1 aliphatic rings. The van der Waals surface area contributed by atoms with Gasteiger partial charge in [-0.25, -0.2) is 12.8 Å². The van der Waals surface area contributed by atoms with Gasteiger partial charge in [-0.15, -0.1) is 0 Å². The summed E-state index contributed by atoms with van der Waals surface area (Å²) in [5, 5.41) is 9.39. The number of nitrogens with zero attached hydrogens (tertiary/aromatic N) is 1. The van der Waals surface area contributed by atoms with Gasteiger partial charge in [0.2, 0.25) is 5.91 Å². The molecule has 0 bridgehead atoms. The van der Waals surface area contributed by atoms with Crippen LogP contribution in [-0.2, 0) is 21.2 Å². The Kier molecular flexibility index (Phi) is 6.13. The third kappa shape index (κ3) is 4.31. The van der Waals surface area contributed by atoms with Gasteiger partial charge in [0.1, 0.15) is 12.0 Å². The van der Waals surface area contributed by atoms with Crippen molar-refractivity contribution in [3.05, 3.63) is 101 Å². The highest BCUT2D eigenvalue weighted by molar-refractivity contribution is 7.92. The number of benzene rings is 3. The van der Waals surface area contributed by atoms with Crippen molar-refractivity contribution in [2.45, 2.75) is 42.2 Å². The fourth-order valence-electron chi connectivity index (χ4n) is 4.17. The molecule has 1 aliphatic heterocycles. The first-order valence-electron chi connectivity index (χ1n) is 10.4. The summed E-state index contributed by atoms with van der Waals surface area (Å²) in [7, 11) is -4.08. The Bertz CT molecular complexity index is 1190. The van der Waals surface area contributed by atoms with Gasteiger partial charge < -0.3 is 10.0 Å². The van der Waals surface area contributed by atoms with Crippen LogP contribution >= 0.6 is 0 Å². The molecule has 0 radical (unpaired) electrons. The zero-order valence-corrected chi connectivity index (χ0v) is 18.4. The van der Waals surface area contributed by atoms with Crippen molar-refractivity contribution in [3.63, 3.8) is 0 Å². The zero-order valence-electron chi connectivity index (χ0n) is 17.6. The topological polar surface area (TPSA) is 74.7 Å². The molecule has 0 spiro atoms. The maximum atomic E-state index is 13.7. The number of amides is 1. The van der Waals surface area contributed by atoms with E-state index in [0.29, 0.717) is 5.56 Å². The summed E-state index contributed by atoms with van der Waals surface area (Å²) in [6, 6.07) is 20.9. The number of carbonyl (C=O) groups excluding carboxylic acids is 1. The minimum Gasteiger partial charge on any atom is -0.373 e. The Morgan fingerprint density at radius 3 is 2.22 bits per heavy atom. The van der Waals surface area contributed by atoms with E-state index in [9.17, 15) is 22.7 Å². The van der Waals surface area contributed by atoms with Gasteiger partial charge in [-0.1, -0.05) is 60.2 Å². The molecule has 32 heavy (non-hydrogen) atoms. The van der Waals surface area contributed by atoms with Gasteiger partial charge in [0.05, 0.1) is 4.90 Å². The molecule has 166 valence electrons. The van der Waals surface area contributed by atoms with Crippen LogP contribution in [0.25, 0.3) is 0 Å². The number of aryl methyl sites for hydroxylation is 1. The molecule has 7 heteroatoms. The molecular weight excluding hydrogens is 429 g/mol. The average molecular weight is 454 g/mol. The number of aliphatic hydroxyl groups is 1. The van der Waals surface area contributed by atoms with Crippen LogP contribution in [0, 0.1) is 12.7 Å². The third-order valence-electron chi connectivity index (χ3n) is 5.89. The van der Waals surface area contributed by atoms with Crippen LogP contribution in [0.5, 0.6) is 0 Å². The van der Waals surface area contributed by atoms with Crippen LogP contribution in [-0.4, -0.2) is 35.8 Å². The molecule has 3 atom stereocenters. The van der Waals surface area contributed by atoms with E-state index in [1.165, 1.54) is 41.3 Å². The van der Waals surface area contributed by atoms with Crippen LogP contribution in [0.2, 0.25) is 0 Å². The summed E-state index contributed by atoms with van der Waals surface area (Å²) in [5.74, 6) is -1.93. The monoisotopic (exact) mass is 453 g/mol. The van der Waals surface area contributed by atoms with E-state index < -0.39 is 39.0 Å². The lowest BCUT2D eigenvalue weighted by Gasteiger charge is -2.41. The van der Waals surface area contributed by atoms with Crippen molar-refractivity contribution >= 4 is 15.7 Å². The predicted octanol–water partition coefficient (Wildman–Crippen LogP) is 3.81. The van der Waals surface area contributed by atoms with Crippen molar-refractivity contribution in [1.29, 1.82) is 0 Å². The van der Waals surface area contributed by atoms with E-state index in [0.717, 1.165) is 11.1 Å².